The minimum atomic E-state index is 0.219. The van der Waals surface area contributed by atoms with E-state index in [1.54, 1.807) is 18.5 Å². The van der Waals surface area contributed by atoms with Crippen molar-refractivity contribution >= 4 is 0 Å². The summed E-state index contributed by atoms with van der Waals surface area (Å²) in [5.41, 5.74) is 1.25. The standard InChI is InChI=1S/C7H7N3O/c8-3-6-1-2-10-4-7(6)5-11-9/h1-2,4H,5,9H2. The Morgan fingerprint density at radius 1 is 1.73 bits per heavy atom. The van der Waals surface area contributed by atoms with Crippen molar-refractivity contribution in [2.24, 2.45) is 5.90 Å². The number of nitrogens with two attached hydrogens (primary N) is 1. The molecule has 11 heavy (non-hydrogen) atoms. The van der Waals surface area contributed by atoms with Crippen molar-refractivity contribution in [2.75, 3.05) is 0 Å². The van der Waals surface area contributed by atoms with Crippen LogP contribution in [-0.4, -0.2) is 4.98 Å². The molecular formula is C7H7N3O. The molecule has 0 aliphatic heterocycles. The first kappa shape index (κ1) is 7.66. The zero-order chi connectivity index (χ0) is 8.10. The Morgan fingerprint density at radius 2 is 2.55 bits per heavy atom. The van der Waals surface area contributed by atoms with Gasteiger partial charge in [-0.15, -0.1) is 0 Å². The van der Waals surface area contributed by atoms with Crippen LogP contribution in [0.5, 0.6) is 0 Å². The van der Waals surface area contributed by atoms with E-state index in [9.17, 15) is 0 Å². The van der Waals surface area contributed by atoms with E-state index in [1.807, 2.05) is 6.07 Å². The van der Waals surface area contributed by atoms with Gasteiger partial charge in [0.05, 0.1) is 18.2 Å². The van der Waals surface area contributed by atoms with E-state index in [2.05, 4.69) is 9.82 Å². The van der Waals surface area contributed by atoms with Gasteiger partial charge in [-0.3, -0.25) is 9.82 Å². The zero-order valence-corrected chi connectivity index (χ0v) is 5.82. The molecule has 0 atom stereocenters. The lowest BCUT2D eigenvalue weighted by atomic mass is 10.2. The van der Waals surface area contributed by atoms with Gasteiger partial charge < -0.3 is 0 Å². The van der Waals surface area contributed by atoms with E-state index in [0.29, 0.717) is 11.1 Å². The summed E-state index contributed by atoms with van der Waals surface area (Å²) in [5, 5.41) is 8.57. The van der Waals surface area contributed by atoms with E-state index >= 15 is 0 Å². The Morgan fingerprint density at radius 3 is 3.18 bits per heavy atom. The molecule has 2 N–H and O–H groups in total. The third-order valence-electron chi connectivity index (χ3n) is 1.26. The average molecular weight is 149 g/mol. The molecule has 0 bridgehead atoms. The second kappa shape index (κ2) is 3.66. The molecule has 0 saturated carbocycles. The van der Waals surface area contributed by atoms with Gasteiger partial charge in [0.2, 0.25) is 0 Å². The average Bonchev–Trinajstić information content (AvgIpc) is 2.06. The van der Waals surface area contributed by atoms with Crippen LogP contribution in [-0.2, 0) is 11.4 Å². The number of aromatic nitrogens is 1. The second-order valence-electron chi connectivity index (χ2n) is 1.96. The van der Waals surface area contributed by atoms with Gasteiger partial charge in [-0.2, -0.15) is 5.26 Å². The summed E-state index contributed by atoms with van der Waals surface area (Å²) >= 11 is 0. The van der Waals surface area contributed by atoms with E-state index < -0.39 is 0 Å². The van der Waals surface area contributed by atoms with E-state index in [-0.39, 0.29) is 6.61 Å². The van der Waals surface area contributed by atoms with Crippen LogP contribution in [0.15, 0.2) is 18.5 Å². The van der Waals surface area contributed by atoms with Crippen LogP contribution in [0.4, 0.5) is 0 Å². The van der Waals surface area contributed by atoms with Crippen LogP contribution in [0, 0.1) is 11.3 Å². The Bertz CT molecular complexity index is 279. The summed E-state index contributed by atoms with van der Waals surface area (Å²) in [6.45, 7) is 0.219. The van der Waals surface area contributed by atoms with E-state index in [1.165, 1.54) is 0 Å². The Kier molecular flexibility index (Phi) is 2.55. The molecule has 1 heterocycles. The Labute approximate surface area is 64.2 Å². The third kappa shape index (κ3) is 1.74. The summed E-state index contributed by atoms with van der Waals surface area (Å²) in [4.78, 5) is 8.20. The quantitative estimate of drug-likeness (QED) is 0.615. The van der Waals surface area contributed by atoms with Gasteiger partial charge in [-0.25, -0.2) is 5.90 Å². The third-order valence-corrected chi connectivity index (χ3v) is 1.26. The maximum atomic E-state index is 8.57. The van der Waals surface area contributed by atoms with Crippen molar-refractivity contribution in [3.05, 3.63) is 29.6 Å². The molecule has 0 aromatic carbocycles. The summed E-state index contributed by atoms with van der Waals surface area (Å²) in [6.07, 6.45) is 3.12. The predicted octanol–water partition coefficient (Wildman–Crippen LogP) is 0.344. The van der Waals surface area contributed by atoms with Crippen LogP contribution in [0.25, 0.3) is 0 Å². The lowest BCUT2D eigenvalue weighted by Crippen LogP contribution is -2.01. The fourth-order valence-corrected chi connectivity index (χ4v) is 0.741. The van der Waals surface area contributed by atoms with Crippen molar-refractivity contribution < 1.29 is 4.84 Å². The summed E-state index contributed by atoms with van der Waals surface area (Å²) < 4.78 is 0. The molecule has 1 aromatic rings. The van der Waals surface area contributed by atoms with Crippen molar-refractivity contribution in [1.29, 1.82) is 5.26 Å². The van der Waals surface area contributed by atoms with Crippen LogP contribution in [0.1, 0.15) is 11.1 Å². The van der Waals surface area contributed by atoms with E-state index in [0.717, 1.165) is 0 Å². The molecule has 0 aliphatic carbocycles. The monoisotopic (exact) mass is 149 g/mol. The first-order valence-corrected chi connectivity index (χ1v) is 3.03. The molecular weight excluding hydrogens is 142 g/mol. The second-order valence-corrected chi connectivity index (χ2v) is 1.96. The molecule has 4 heteroatoms. The van der Waals surface area contributed by atoms with Gasteiger partial charge in [0.1, 0.15) is 0 Å². The number of hydrogen-bond acceptors (Lipinski definition) is 4. The highest BCUT2D eigenvalue weighted by molar-refractivity contribution is 5.34. The highest BCUT2D eigenvalue weighted by Gasteiger charge is 1.99. The maximum Gasteiger partial charge on any atom is 0.0996 e. The minimum Gasteiger partial charge on any atom is -0.300 e. The highest BCUT2D eigenvalue weighted by Crippen LogP contribution is 2.04. The van der Waals surface area contributed by atoms with Gasteiger partial charge in [0.15, 0.2) is 0 Å². The lowest BCUT2D eigenvalue weighted by Gasteiger charge is -1.98. The number of nitriles is 1. The Hall–Kier alpha value is -1.44. The highest BCUT2D eigenvalue weighted by atomic mass is 16.6. The molecule has 4 nitrogen and oxygen atoms in total. The Balaban J connectivity index is 2.95. The molecule has 56 valence electrons. The number of pyridine rings is 1. The molecule has 0 unspecified atom stereocenters. The first-order chi connectivity index (χ1) is 5.38. The summed E-state index contributed by atoms with van der Waals surface area (Å²) in [5.74, 6) is 4.85. The normalized spacial score (nSPS) is 9.09. The number of rotatable bonds is 2. The van der Waals surface area contributed by atoms with Gasteiger partial charge in [-0.1, -0.05) is 0 Å². The van der Waals surface area contributed by atoms with E-state index in [4.69, 9.17) is 11.2 Å². The van der Waals surface area contributed by atoms with Crippen LogP contribution >= 0.6 is 0 Å². The first-order valence-electron chi connectivity index (χ1n) is 3.03. The maximum absolute atomic E-state index is 8.57. The van der Waals surface area contributed by atoms with Crippen molar-refractivity contribution in [3.8, 4) is 6.07 Å². The fraction of sp³-hybridized carbons (Fsp3) is 0.143. The summed E-state index contributed by atoms with van der Waals surface area (Å²) in [6, 6.07) is 3.62. The molecule has 0 aliphatic rings. The molecule has 0 radical (unpaired) electrons. The fourth-order valence-electron chi connectivity index (χ4n) is 0.741. The summed E-state index contributed by atoms with van der Waals surface area (Å²) in [7, 11) is 0. The van der Waals surface area contributed by atoms with Crippen LogP contribution in [0.3, 0.4) is 0 Å². The van der Waals surface area contributed by atoms with Crippen molar-refractivity contribution in [2.45, 2.75) is 6.61 Å². The molecule has 1 aromatic heterocycles. The molecule has 0 amide bonds. The SMILES string of the molecule is N#Cc1ccncc1CON. The topological polar surface area (TPSA) is 71.9 Å². The van der Waals surface area contributed by atoms with Crippen LogP contribution < -0.4 is 5.90 Å². The van der Waals surface area contributed by atoms with Crippen molar-refractivity contribution in [3.63, 3.8) is 0 Å². The van der Waals surface area contributed by atoms with Crippen LogP contribution in [0.2, 0.25) is 0 Å². The van der Waals surface area contributed by atoms with Gasteiger partial charge in [-0.05, 0) is 6.07 Å². The van der Waals surface area contributed by atoms with Gasteiger partial charge in [0, 0.05) is 18.0 Å². The largest absolute Gasteiger partial charge is 0.300 e. The molecule has 1 rings (SSSR count). The smallest absolute Gasteiger partial charge is 0.0996 e. The van der Waals surface area contributed by atoms with Gasteiger partial charge >= 0.3 is 0 Å². The van der Waals surface area contributed by atoms with Crippen molar-refractivity contribution in [1.82, 2.24) is 4.98 Å². The zero-order valence-electron chi connectivity index (χ0n) is 5.82. The molecule has 0 spiro atoms. The molecule has 0 fully saturated rings. The van der Waals surface area contributed by atoms with Gasteiger partial charge in [0.25, 0.3) is 0 Å². The number of hydrogen-bond donors (Lipinski definition) is 1. The molecule has 0 saturated heterocycles. The number of nitrogens with zero attached hydrogens (tertiary/aromatic N) is 2. The minimum absolute atomic E-state index is 0.219. The lowest BCUT2D eigenvalue weighted by molar-refractivity contribution is 0.123. The predicted molar refractivity (Wildman–Crippen MR) is 37.9 cm³/mol.